The summed E-state index contributed by atoms with van der Waals surface area (Å²) in [6, 6.07) is 14.4. The molecule has 1 amide bonds. The number of aromatic nitrogens is 4. The highest BCUT2D eigenvalue weighted by Gasteiger charge is 2.30. The van der Waals surface area contributed by atoms with Crippen molar-refractivity contribution in [3.05, 3.63) is 99.7 Å². The van der Waals surface area contributed by atoms with E-state index in [1.54, 1.807) is 31.4 Å². The van der Waals surface area contributed by atoms with E-state index in [4.69, 9.17) is 0 Å². The van der Waals surface area contributed by atoms with E-state index in [2.05, 4.69) is 15.4 Å². The van der Waals surface area contributed by atoms with Crippen molar-refractivity contribution in [1.82, 2.24) is 24.6 Å². The minimum Gasteiger partial charge on any atom is -0.344 e. The Bertz CT molecular complexity index is 1720. The number of carbonyl (C=O) groups is 1. The second-order valence-corrected chi connectivity index (χ2v) is 8.88. The third-order valence-electron chi connectivity index (χ3n) is 6.17. The van der Waals surface area contributed by atoms with E-state index in [9.17, 15) is 22.8 Å². The van der Waals surface area contributed by atoms with Crippen LogP contribution in [0.25, 0.3) is 27.5 Å². The lowest BCUT2D eigenvalue weighted by Gasteiger charge is -2.16. The number of hydrogen-bond donors (Lipinski definition) is 1. The Labute approximate surface area is 209 Å². The Morgan fingerprint density at radius 1 is 1.03 bits per heavy atom. The third kappa shape index (κ3) is 4.46. The van der Waals surface area contributed by atoms with Gasteiger partial charge in [0.25, 0.3) is 11.5 Å². The van der Waals surface area contributed by atoms with Crippen LogP contribution in [0.15, 0.2) is 71.7 Å². The molecule has 0 aliphatic carbocycles. The fraction of sp³-hybridized carbons (Fsp3) is 0.185. The van der Waals surface area contributed by atoms with Crippen LogP contribution < -0.4 is 10.9 Å². The van der Waals surface area contributed by atoms with Gasteiger partial charge in [0.1, 0.15) is 5.52 Å². The first-order valence-electron chi connectivity index (χ1n) is 11.5. The Hall–Kier alpha value is -4.47. The molecule has 5 aromatic rings. The van der Waals surface area contributed by atoms with Gasteiger partial charge < -0.3 is 5.32 Å². The topological polar surface area (TPSA) is 81.8 Å². The number of carbonyl (C=O) groups excluding carboxylic acids is 1. The van der Waals surface area contributed by atoms with Crippen molar-refractivity contribution >= 4 is 27.7 Å². The molecule has 0 saturated carbocycles. The molecule has 0 fully saturated rings. The number of aryl methyl sites for hydroxylation is 2. The van der Waals surface area contributed by atoms with E-state index >= 15 is 0 Å². The number of pyridine rings is 2. The SMILES string of the molecule is Cc1cccc([C@H](C)NC(=O)c2ccc3c(c2)c2nn(C)cc2c(=O)n3-c2ccc(C(F)(F)F)cc2)n1. The molecule has 3 aromatic heterocycles. The van der Waals surface area contributed by atoms with Crippen LogP contribution in [0.3, 0.4) is 0 Å². The van der Waals surface area contributed by atoms with E-state index in [1.807, 2.05) is 32.0 Å². The number of rotatable bonds is 4. The summed E-state index contributed by atoms with van der Waals surface area (Å²) in [4.78, 5) is 31.0. The van der Waals surface area contributed by atoms with Crippen LogP contribution in [0, 0.1) is 6.92 Å². The molecule has 37 heavy (non-hydrogen) atoms. The maximum Gasteiger partial charge on any atom is 0.416 e. The number of halogens is 3. The first-order valence-corrected chi connectivity index (χ1v) is 11.5. The molecular weight excluding hydrogens is 483 g/mol. The molecule has 7 nitrogen and oxygen atoms in total. The number of amides is 1. The van der Waals surface area contributed by atoms with Gasteiger partial charge in [-0.05, 0) is 68.4 Å². The number of nitrogens with one attached hydrogen (secondary N) is 1. The fourth-order valence-corrected chi connectivity index (χ4v) is 4.35. The molecule has 5 rings (SSSR count). The fourth-order valence-electron chi connectivity index (χ4n) is 4.35. The normalized spacial score (nSPS) is 12.7. The Kier molecular flexibility index (Phi) is 5.82. The number of hydrogen-bond acceptors (Lipinski definition) is 4. The molecule has 1 N–H and O–H groups in total. The monoisotopic (exact) mass is 505 g/mol. The van der Waals surface area contributed by atoms with Gasteiger partial charge in [0.15, 0.2) is 0 Å². The van der Waals surface area contributed by atoms with Crippen molar-refractivity contribution in [1.29, 1.82) is 0 Å². The van der Waals surface area contributed by atoms with Crippen LogP contribution in [0.2, 0.25) is 0 Å². The van der Waals surface area contributed by atoms with Gasteiger partial charge in [-0.3, -0.25) is 23.8 Å². The molecule has 0 radical (unpaired) electrons. The lowest BCUT2D eigenvalue weighted by molar-refractivity contribution is -0.137. The highest BCUT2D eigenvalue weighted by molar-refractivity contribution is 6.07. The standard InChI is InChI=1S/C27H22F3N5O2/c1-15-5-4-6-22(31-15)16(2)32-25(36)17-7-12-23-20(13-17)24-21(14-34(3)33-24)26(37)35(23)19-10-8-18(9-11-19)27(28,29)30/h4-14,16H,1-3H3,(H,32,36)/t16-/m0/s1. The second-order valence-electron chi connectivity index (χ2n) is 8.88. The molecule has 0 aliphatic rings. The molecule has 0 spiro atoms. The van der Waals surface area contributed by atoms with Crippen molar-refractivity contribution in [3.63, 3.8) is 0 Å². The van der Waals surface area contributed by atoms with Gasteiger partial charge in [0.2, 0.25) is 0 Å². The van der Waals surface area contributed by atoms with Gasteiger partial charge in [-0.15, -0.1) is 0 Å². The third-order valence-corrected chi connectivity index (χ3v) is 6.17. The maximum atomic E-state index is 13.4. The zero-order chi connectivity index (χ0) is 26.5. The summed E-state index contributed by atoms with van der Waals surface area (Å²) in [6.45, 7) is 3.70. The van der Waals surface area contributed by atoms with Crippen LogP contribution in [-0.4, -0.2) is 25.2 Å². The van der Waals surface area contributed by atoms with Gasteiger partial charge in [-0.25, -0.2) is 0 Å². The average molecular weight is 506 g/mol. The van der Waals surface area contributed by atoms with E-state index in [0.29, 0.717) is 22.0 Å². The van der Waals surface area contributed by atoms with Crippen LogP contribution in [0.1, 0.15) is 40.3 Å². The van der Waals surface area contributed by atoms with Crippen LogP contribution in [0.4, 0.5) is 13.2 Å². The maximum absolute atomic E-state index is 13.4. The molecule has 1 atom stereocenters. The smallest absolute Gasteiger partial charge is 0.344 e. The van der Waals surface area contributed by atoms with Gasteiger partial charge in [-0.1, -0.05) is 6.07 Å². The molecule has 2 aromatic carbocycles. The van der Waals surface area contributed by atoms with Crippen LogP contribution in [0.5, 0.6) is 0 Å². The van der Waals surface area contributed by atoms with Gasteiger partial charge in [0, 0.05) is 35.6 Å². The summed E-state index contributed by atoms with van der Waals surface area (Å²) in [6.07, 6.45) is -2.94. The Morgan fingerprint density at radius 2 is 1.76 bits per heavy atom. The molecule has 0 saturated heterocycles. The molecule has 0 aliphatic heterocycles. The Balaban J connectivity index is 1.62. The zero-order valence-electron chi connectivity index (χ0n) is 20.2. The molecule has 0 bridgehead atoms. The number of nitrogens with zero attached hydrogens (tertiary/aromatic N) is 4. The molecule has 188 valence electrons. The second kappa shape index (κ2) is 8.88. The molecule has 3 heterocycles. The summed E-state index contributed by atoms with van der Waals surface area (Å²) in [5, 5.41) is 8.15. The predicted octanol–water partition coefficient (Wildman–Crippen LogP) is 5.09. The van der Waals surface area contributed by atoms with E-state index in [1.165, 1.54) is 21.4 Å². The minimum atomic E-state index is -4.49. The molecule has 10 heteroatoms. The van der Waals surface area contributed by atoms with Crippen molar-refractivity contribution in [2.45, 2.75) is 26.1 Å². The molecular formula is C27H22F3N5O2. The largest absolute Gasteiger partial charge is 0.416 e. The van der Waals surface area contributed by atoms with Crippen molar-refractivity contribution in [3.8, 4) is 5.69 Å². The highest BCUT2D eigenvalue weighted by atomic mass is 19.4. The summed E-state index contributed by atoms with van der Waals surface area (Å²) < 4.78 is 42.1. The summed E-state index contributed by atoms with van der Waals surface area (Å²) in [5.41, 5.74) is 1.75. The first kappa shape index (κ1) is 24.2. The van der Waals surface area contributed by atoms with E-state index in [0.717, 1.165) is 23.5 Å². The van der Waals surface area contributed by atoms with Crippen LogP contribution >= 0.6 is 0 Å². The summed E-state index contributed by atoms with van der Waals surface area (Å²) >= 11 is 0. The van der Waals surface area contributed by atoms with Gasteiger partial charge in [0.05, 0.1) is 28.2 Å². The number of fused-ring (bicyclic) bond motifs is 3. The van der Waals surface area contributed by atoms with Crippen molar-refractivity contribution < 1.29 is 18.0 Å². The average Bonchev–Trinajstić information content (AvgIpc) is 3.26. The summed E-state index contributed by atoms with van der Waals surface area (Å²) in [7, 11) is 1.67. The van der Waals surface area contributed by atoms with Gasteiger partial charge >= 0.3 is 6.18 Å². The first-order chi connectivity index (χ1) is 17.5. The molecule has 0 unspecified atom stereocenters. The van der Waals surface area contributed by atoms with Crippen LogP contribution in [-0.2, 0) is 13.2 Å². The van der Waals surface area contributed by atoms with Crippen molar-refractivity contribution in [2.75, 3.05) is 0 Å². The minimum absolute atomic E-state index is 0.269. The van der Waals surface area contributed by atoms with Crippen molar-refractivity contribution in [2.24, 2.45) is 7.05 Å². The predicted molar refractivity (Wildman–Crippen MR) is 134 cm³/mol. The number of alkyl halides is 3. The Morgan fingerprint density at radius 3 is 2.43 bits per heavy atom. The van der Waals surface area contributed by atoms with E-state index < -0.39 is 17.3 Å². The quantitative estimate of drug-likeness (QED) is 0.369. The lowest BCUT2D eigenvalue weighted by atomic mass is 10.1. The zero-order valence-corrected chi connectivity index (χ0v) is 20.2. The highest BCUT2D eigenvalue weighted by Crippen LogP contribution is 2.31. The van der Waals surface area contributed by atoms with Gasteiger partial charge in [-0.2, -0.15) is 18.3 Å². The number of benzene rings is 2. The van der Waals surface area contributed by atoms with E-state index in [-0.39, 0.29) is 23.0 Å². The lowest BCUT2D eigenvalue weighted by Crippen LogP contribution is -2.27. The summed E-state index contributed by atoms with van der Waals surface area (Å²) in [5.74, 6) is -0.339.